The minimum Gasteiger partial charge on any atom is -0.465 e. The molecule has 0 amide bonds. The Morgan fingerprint density at radius 2 is 2.25 bits per heavy atom. The van der Waals surface area contributed by atoms with Crippen LogP contribution in [0.4, 0.5) is 0 Å². The molecule has 1 aromatic rings. The van der Waals surface area contributed by atoms with Gasteiger partial charge in [0, 0.05) is 6.04 Å². The van der Waals surface area contributed by atoms with Gasteiger partial charge in [0.25, 0.3) is 0 Å². The van der Waals surface area contributed by atoms with E-state index in [2.05, 4.69) is 4.74 Å². The number of carbonyl (C=O) groups is 1. The number of nitrogens with two attached hydrogens (primary N) is 1. The van der Waals surface area contributed by atoms with Gasteiger partial charge in [-0.25, -0.2) is 4.79 Å². The molecule has 86 valence electrons. The zero-order valence-electron chi connectivity index (χ0n) is 9.24. The van der Waals surface area contributed by atoms with Crippen molar-refractivity contribution in [2.45, 2.75) is 13.0 Å². The second-order valence-electron chi connectivity index (χ2n) is 3.45. The molecule has 1 unspecified atom stereocenters. The van der Waals surface area contributed by atoms with Crippen molar-refractivity contribution in [3.63, 3.8) is 0 Å². The van der Waals surface area contributed by atoms with Gasteiger partial charge in [-0.1, -0.05) is 29.8 Å². The van der Waals surface area contributed by atoms with Crippen molar-refractivity contribution in [2.24, 2.45) is 5.73 Å². The van der Waals surface area contributed by atoms with E-state index >= 15 is 0 Å². The van der Waals surface area contributed by atoms with E-state index in [-0.39, 0.29) is 6.04 Å². The lowest BCUT2D eigenvalue weighted by molar-refractivity contribution is 0.0601. The molecule has 0 saturated heterocycles. The quantitative estimate of drug-likeness (QED) is 0.825. The van der Waals surface area contributed by atoms with E-state index in [4.69, 9.17) is 17.3 Å². The molecule has 0 bridgehead atoms. The lowest BCUT2D eigenvalue weighted by Crippen LogP contribution is -2.09. The van der Waals surface area contributed by atoms with Crippen molar-refractivity contribution < 1.29 is 9.53 Å². The summed E-state index contributed by atoms with van der Waals surface area (Å²) < 4.78 is 4.59. The number of hydrogen-bond donors (Lipinski definition) is 1. The summed E-state index contributed by atoms with van der Waals surface area (Å²) in [5, 5.41) is 0.374. The van der Waals surface area contributed by atoms with Crippen LogP contribution < -0.4 is 5.73 Å². The van der Waals surface area contributed by atoms with Gasteiger partial charge < -0.3 is 10.5 Å². The van der Waals surface area contributed by atoms with E-state index in [9.17, 15) is 4.79 Å². The molecule has 0 aliphatic heterocycles. The number of esters is 1. The van der Waals surface area contributed by atoms with Crippen LogP contribution in [0.15, 0.2) is 24.3 Å². The lowest BCUT2D eigenvalue weighted by atomic mass is 10.1. The van der Waals surface area contributed by atoms with Crippen LogP contribution in [0.2, 0.25) is 5.02 Å². The van der Waals surface area contributed by atoms with Crippen LogP contribution in [0, 0.1) is 0 Å². The Balaban J connectivity index is 2.95. The number of ether oxygens (including phenoxy) is 1. The summed E-state index contributed by atoms with van der Waals surface area (Å²) in [5.41, 5.74) is 6.85. The van der Waals surface area contributed by atoms with Crippen LogP contribution in [0.25, 0.3) is 6.08 Å². The van der Waals surface area contributed by atoms with Gasteiger partial charge in [0.15, 0.2) is 0 Å². The van der Waals surface area contributed by atoms with E-state index < -0.39 is 5.97 Å². The largest absolute Gasteiger partial charge is 0.465 e. The number of halogens is 1. The monoisotopic (exact) mass is 239 g/mol. The lowest BCUT2D eigenvalue weighted by Gasteiger charge is -2.03. The standard InChI is InChI=1S/C12H14ClNO2/c1-8(14)3-4-9-5-6-10(11(13)7-9)12(15)16-2/h3-8H,14H2,1-2H3/b4-3+. The highest BCUT2D eigenvalue weighted by atomic mass is 35.5. The van der Waals surface area contributed by atoms with Crippen molar-refractivity contribution in [1.82, 2.24) is 0 Å². The smallest absolute Gasteiger partial charge is 0.339 e. The average molecular weight is 240 g/mol. The average Bonchev–Trinajstić information content (AvgIpc) is 2.25. The van der Waals surface area contributed by atoms with Crippen LogP contribution in [-0.4, -0.2) is 19.1 Å². The molecule has 0 radical (unpaired) electrons. The molecule has 4 heteroatoms. The minimum atomic E-state index is -0.437. The van der Waals surface area contributed by atoms with Crippen LogP contribution in [0.1, 0.15) is 22.8 Å². The summed E-state index contributed by atoms with van der Waals surface area (Å²) in [6.07, 6.45) is 3.71. The maximum Gasteiger partial charge on any atom is 0.339 e. The summed E-state index contributed by atoms with van der Waals surface area (Å²) in [7, 11) is 1.32. The second kappa shape index (κ2) is 5.68. The minimum absolute atomic E-state index is 0.0148. The molecule has 0 aromatic heterocycles. The number of hydrogen-bond acceptors (Lipinski definition) is 3. The Morgan fingerprint density at radius 3 is 2.75 bits per heavy atom. The molecule has 16 heavy (non-hydrogen) atoms. The molecule has 1 atom stereocenters. The number of carbonyl (C=O) groups excluding carboxylic acids is 1. The molecule has 1 rings (SSSR count). The zero-order valence-corrected chi connectivity index (χ0v) is 9.99. The van der Waals surface area contributed by atoms with Crippen molar-refractivity contribution in [2.75, 3.05) is 7.11 Å². The van der Waals surface area contributed by atoms with Gasteiger partial charge in [0.2, 0.25) is 0 Å². The summed E-state index contributed by atoms with van der Waals surface area (Å²) in [6.45, 7) is 1.88. The fourth-order valence-electron chi connectivity index (χ4n) is 1.17. The molecule has 0 fully saturated rings. The first kappa shape index (κ1) is 12.7. The third-order valence-electron chi connectivity index (χ3n) is 1.99. The second-order valence-corrected chi connectivity index (χ2v) is 3.86. The van der Waals surface area contributed by atoms with Crippen LogP contribution in [0.5, 0.6) is 0 Å². The van der Waals surface area contributed by atoms with E-state index in [1.165, 1.54) is 7.11 Å². The topological polar surface area (TPSA) is 52.3 Å². The van der Waals surface area contributed by atoms with Gasteiger partial charge >= 0.3 is 5.97 Å². The number of benzene rings is 1. The SMILES string of the molecule is COC(=O)c1ccc(/C=C/C(C)N)cc1Cl. The van der Waals surface area contributed by atoms with Gasteiger partial charge in [-0.15, -0.1) is 0 Å². The van der Waals surface area contributed by atoms with Crippen LogP contribution in [-0.2, 0) is 4.74 Å². The first-order valence-corrected chi connectivity index (χ1v) is 5.24. The van der Waals surface area contributed by atoms with Gasteiger partial charge in [0.1, 0.15) is 0 Å². The summed E-state index contributed by atoms with van der Waals surface area (Å²) in [6, 6.07) is 5.11. The summed E-state index contributed by atoms with van der Waals surface area (Å²) >= 11 is 5.95. The van der Waals surface area contributed by atoms with Crippen molar-refractivity contribution >= 4 is 23.6 Å². The maximum absolute atomic E-state index is 11.3. The molecule has 0 aliphatic rings. The predicted octanol–water partition coefficient (Wildman–Crippen LogP) is 2.49. The Kier molecular flexibility index (Phi) is 4.52. The first-order valence-electron chi connectivity index (χ1n) is 4.86. The van der Waals surface area contributed by atoms with Gasteiger partial charge in [-0.05, 0) is 24.6 Å². The Bertz CT molecular complexity index is 413. The molecule has 0 saturated carbocycles. The molecule has 2 N–H and O–H groups in total. The van der Waals surface area contributed by atoms with E-state index in [1.54, 1.807) is 18.2 Å². The molecular formula is C12H14ClNO2. The van der Waals surface area contributed by atoms with Gasteiger partial charge in [0.05, 0.1) is 17.7 Å². The summed E-state index contributed by atoms with van der Waals surface area (Å²) in [5.74, 6) is -0.437. The molecule has 0 spiro atoms. The molecule has 1 aromatic carbocycles. The first-order chi connectivity index (χ1) is 7.54. The third kappa shape index (κ3) is 3.36. The zero-order chi connectivity index (χ0) is 12.1. The molecule has 0 aliphatic carbocycles. The highest BCUT2D eigenvalue weighted by Gasteiger charge is 2.09. The van der Waals surface area contributed by atoms with E-state index in [0.717, 1.165) is 5.56 Å². The Labute approximate surface area is 99.8 Å². The fourth-order valence-corrected chi connectivity index (χ4v) is 1.44. The predicted molar refractivity (Wildman–Crippen MR) is 65.5 cm³/mol. The van der Waals surface area contributed by atoms with Gasteiger partial charge in [-0.2, -0.15) is 0 Å². The molecule has 0 heterocycles. The Hall–Kier alpha value is -1.32. The maximum atomic E-state index is 11.3. The third-order valence-corrected chi connectivity index (χ3v) is 2.30. The number of rotatable bonds is 3. The molecule has 3 nitrogen and oxygen atoms in total. The highest BCUT2D eigenvalue weighted by molar-refractivity contribution is 6.33. The summed E-state index contributed by atoms with van der Waals surface area (Å²) in [4.78, 5) is 11.3. The molecular weight excluding hydrogens is 226 g/mol. The van der Waals surface area contributed by atoms with Crippen LogP contribution in [0.3, 0.4) is 0 Å². The Morgan fingerprint density at radius 1 is 1.56 bits per heavy atom. The van der Waals surface area contributed by atoms with E-state index in [1.807, 2.05) is 19.1 Å². The van der Waals surface area contributed by atoms with Crippen LogP contribution >= 0.6 is 11.6 Å². The fraction of sp³-hybridized carbons (Fsp3) is 0.250. The van der Waals surface area contributed by atoms with Gasteiger partial charge in [-0.3, -0.25) is 0 Å². The normalized spacial score (nSPS) is 12.8. The highest BCUT2D eigenvalue weighted by Crippen LogP contribution is 2.19. The van der Waals surface area contributed by atoms with E-state index in [0.29, 0.717) is 10.6 Å². The number of methoxy groups -OCH3 is 1. The van der Waals surface area contributed by atoms with Crippen molar-refractivity contribution in [3.05, 3.63) is 40.4 Å². The van der Waals surface area contributed by atoms with Crippen molar-refractivity contribution in [1.29, 1.82) is 0 Å². The van der Waals surface area contributed by atoms with Crippen molar-refractivity contribution in [3.8, 4) is 0 Å².